The number of oxime groups is 1. The molecule has 0 aliphatic carbocycles. The zero-order valence-electron chi connectivity index (χ0n) is 14.4. The van der Waals surface area contributed by atoms with Gasteiger partial charge in [-0.05, 0) is 40.6 Å². The Morgan fingerprint density at radius 2 is 2.07 bits per heavy atom. The van der Waals surface area contributed by atoms with Crippen molar-refractivity contribution in [3.63, 3.8) is 0 Å². The van der Waals surface area contributed by atoms with Crippen LogP contribution in [0.15, 0.2) is 72.4 Å². The number of para-hydroxylation sites is 1. The largest absolute Gasteiger partial charge is 0.423 e. The second kappa shape index (κ2) is 5.71. The van der Waals surface area contributed by atoms with Gasteiger partial charge in [0.05, 0.1) is 6.21 Å². The summed E-state index contributed by atoms with van der Waals surface area (Å²) in [6, 6.07) is 17.7. The van der Waals surface area contributed by atoms with Gasteiger partial charge in [-0.3, -0.25) is 0 Å². The van der Waals surface area contributed by atoms with Gasteiger partial charge in [-0.1, -0.05) is 42.1 Å². The summed E-state index contributed by atoms with van der Waals surface area (Å²) in [6.07, 6.45) is 3.73. The molecule has 5 heteroatoms. The predicted molar refractivity (Wildman–Crippen MR) is 104 cm³/mol. The topological polar surface area (TPSA) is 59.9 Å². The Morgan fingerprint density at radius 3 is 2.93 bits per heavy atom. The van der Waals surface area contributed by atoms with E-state index in [1.165, 1.54) is 5.56 Å². The molecule has 3 aromatic rings. The minimum atomic E-state index is -0.502. The van der Waals surface area contributed by atoms with Gasteiger partial charge in [0.25, 0.3) is 0 Å². The summed E-state index contributed by atoms with van der Waals surface area (Å²) in [5.41, 5.74) is 2.80. The number of hydrogen-bond acceptors (Lipinski definition) is 5. The van der Waals surface area contributed by atoms with E-state index < -0.39 is 11.5 Å². The summed E-state index contributed by atoms with van der Waals surface area (Å²) in [6.45, 7) is 3.45. The molecule has 1 spiro atoms. The van der Waals surface area contributed by atoms with Gasteiger partial charge in [0.15, 0.2) is 5.75 Å². The Bertz CT molecular complexity index is 1110. The van der Waals surface area contributed by atoms with E-state index in [1.807, 2.05) is 42.6 Å². The van der Waals surface area contributed by atoms with E-state index in [-0.39, 0.29) is 0 Å². The number of benzene rings is 3. The van der Waals surface area contributed by atoms with E-state index in [0.29, 0.717) is 11.5 Å². The maximum Gasteiger partial charge on any atom is 0.335 e. The van der Waals surface area contributed by atoms with Crippen LogP contribution in [0.25, 0.3) is 10.8 Å². The lowest BCUT2D eigenvalue weighted by Gasteiger charge is -2.31. The van der Waals surface area contributed by atoms with Crippen LogP contribution in [0.3, 0.4) is 0 Å². The van der Waals surface area contributed by atoms with Gasteiger partial charge in [0, 0.05) is 23.7 Å². The van der Waals surface area contributed by atoms with Crippen LogP contribution in [-0.2, 0) is 16.8 Å². The molecule has 2 aliphatic heterocycles. The fourth-order valence-electron chi connectivity index (χ4n) is 3.88. The number of ether oxygens (including phenoxy) is 1. The van der Waals surface area contributed by atoms with Crippen LogP contribution in [0.5, 0.6) is 11.5 Å². The molecule has 5 rings (SSSR count). The van der Waals surface area contributed by atoms with Crippen LogP contribution >= 0.6 is 0 Å². The van der Waals surface area contributed by atoms with Crippen molar-refractivity contribution in [1.29, 1.82) is 0 Å². The average molecular weight is 356 g/mol. The first-order valence-electron chi connectivity index (χ1n) is 8.68. The third-order valence-corrected chi connectivity index (χ3v) is 5.05. The number of carbonyl (C=O) groups is 1. The molecule has 0 saturated carbocycles. The summed E-state index contributed by atoms with van der Waals surface area (Å²) >= 11 is 0. The molecule has 1 N–H and O–H groups in total. The molecule has 132 valence electrons. The molecule has 1 unspecified atom stereocenters. The molecule has 0 fully saturated rings. The van der Waals surface area contributed by atoms with Gasteiger partial charge < -0.3 is 14.9 Å². The lowest BCUT2D eigenvalue weighted by Crippen LogP contribution is -2.37. The average Bonchev–Trinajstić information content (AvgIpc) is 3.05. The van der Waals surface area contributed by atoms with Crippen molar-refractivity contribution < 1.29 is 14.4 Å². The summed E-state index contributed by atoms with van der Waals surface area (Å²) in [5, 5.41) is 9.74. The monoisotopic (exact) mass is 356 g/mol. The van der Waals surface area contributed by atoms with Gasteiger partial charge in [0.2, 0.25) is 0 Å². The van der Waals surface area contributed by atoms with Crippen molar-refractivity contribution in [2.45, 2.75) is 12.0 Å². The second-order valence-corrected chi connectivity index (χ2v) is 6.70. The summed E-state index contributed by atoms with van der Waals surface area (Å²) in [5.74, 6) is 0.671. The highest BCUT2D eigenvalue weighted by Gasteiger charge is 2.42. The van der Waals surface area contributed by atoms with Crippen molar-refractivity contribution in [3.8, 4) is 11.5 Å². The molecule has 0 radical (unpaired) electrons. The number of fused-ring (bicyclic) bond motifs is 5. The fourth-order valence-corrected chi connectivity index (χ4v) is 3.88. The van der Waals surface area contributed by atoms with E-state index >= 15 is 0 Å². The first kappa shape index (κ1) is 15.6. The number of esters is 1. The molecule has 27 heavy (non-hydrogen) atoms. The third kappa shape index (κ3) is 2.39. The zero-order valence-corrected chi connectivity index (χ0v) is 14.4. The molecule has 0 bridgehead atoms. The minimum absolute atomic E-state index is 0.467. The summed E-state index contributed by atoms with van der Waals surface area (Å²) in [7, 11) is 0. The molecule has 1 atom stereocenters. The van der Waals surface area contributed by atoms with Crippen molar-refractivity contribution in [1.82, 2.24) is 0 Å². The molecule has 2 heterocycles. The van der Waals surface area contributed by atoms with Gasteiger partial charge in [0.1, 0.15) is 11.3 Å². The van der Waals surface area contributed by atoms with E-state index in [4.69, 9.17) is 9.57 Å². The van der Waals surface area contributed by atoms with E-state index in [0.717, 1.165) is 34.5 Å². The van der Waals surface area contributed by atoms with Crippen LogP contribution in [0.4, 0.5) is 5.69 Å². The van der Waals surface area contributed by atoms with Gasteiger partial charge in [-0.15, -0.1) is 0 Å². The maximum atomic E-state index is 11.6. The van der Waals surface area contributed by atoms with Crippen LogP contribution in [0.2, 0.25) is 0 Å². The number of nitrogens with zero attached hydrogens (tertiary/aromatic N) is 1. The number of nitrogens with one attached hydrogen (secondary N) is 1. The Morgan fingerprint density at radius 1 is 1.22 bits per heavy atom. The lowest BCUT2D eigenvalue weighted by molar-refractivity contribution is -0.128. The number of anilines is 1. The SMILES string of the molecule is C=CC(=O)Oc1ccc2ccc3c(c2c1)C1(C=NO3)Cc2ccccc2N1. The Balaban J connectivity index is 1.70. The molecule has 0 amide bonds. The molecular formula is C22H16N2O3. The third-order valence-electron chi connectivity index (χ3n) is 5.05. The Labute approximate surface area is 155 Å². The molecule has 2 aliphatic rings. The molecule has 5 nitrogen and oxygen atoms in total. The van der Waals surface area contributed by atoms with Crippen LogP contribution in [0, 0.1) is 0 Å². The minimum Gasteiger partial charge on any atom is -0.423 e. The van der Waals surface area contributed by atoms with Gasteiger partial charge in [-0.25, -0.2) is 4.79 Å². The van der Waals surface area contributed by atoms with Crippen molar-refractivity contribution in [3.05, 3.63) is 78.4 Å². The van der Waals surface area contributed by atoms with Gasteiger partial charge >= 0.3 is 5.97 Å². The van der Waals surface area contributed by atoms with Crippen LogP contribution < -0.4 is 14.9 Å². The van der Waals surface area contributed by atoms with E-state index in [2.05, 4.69) is 29.2 Å². The molecule has 0 aromatic heterocycles. The summed E-state index contributed by atoms with van der Waals surface area (Å²) in [4.78, 5) is 17.2. The quantitative estimate of drug-likeness (QED) is 0.425. The van der Waals surface area contributed by atoms with Crippen LogP contribution in [0.1, 0.15) is 11.1 Å². The zero-order chi connectivity index (χ0) is 18.4. The number of carbonyl (C=O) groups excluding carboxylic acids is 1. The highest BCUT2D eigenvalue weighted by molar-refractivity contribution is 5.97. The van der Waals surface area contributed by atoms with Crippen molar-refractivity contribution >= 4 is 28.6 Å². The molecule has 0 saturated heterocycles. The fraction of sp³-hybridized carbons (Fsp3) is 0.0909. The van der Waals surface area contributed by atoms with Crippen molar-refractivity contribution in [2.24, 2.45) is 5.16 Å². The van der Waals surface area contributed by atoms with Crippen LogP contribution in [-0.4, -0.2) is 12.2 Å². The highest BCUT2D eigenvalue weighted by atomic mass is 16.6. The maximum absolute atomic E-state index is 11.6. The Kier molecular flexibility index (Phi) is 3.31. The highest BCUT2D eigenvalue weighted by Crippen LogP contribution is 2.46. The first-order chi connectivity index (χ1) is 13.2. The van der Waals surface area contributed by atoms with Gasteiger partial charge in [-0.2, -0.15) is 0 Å². The Hall–Kier alpha value is -3.60. The standard InChI is InChI=1S/C22H16N2O3/c1-2-20(25)26-16-9-7-14-8-10-19-21(17(14)11-16)22(13-23-27-19)12-15-5-3-4-6-18(15)24-22/h2-11,13,24H,1,12H2. The number of rotatable bonds is 2. The van der Waals surface area contributed by atoms with Crippen molar-refractivity contribution in [2.75, 3.05) is 5.32 Å². The predicted octanol–water partition coefficient (Wildman–Crippen LogP) is 4.17. The lowest BCUT2D eigenvalue weighted by atomic mass is 9.83. The smallest absolute Gasteiger partial charge is 0.335 e. The summed E-state index contributed by atoms with van der Waals surface area (Å²) < 4.78 is 5.32. The van der Waals surface area contributed by atoms with E-state index in [1.54, 1.807) is 6.07 Å². The second-order valence-electron chi connectivity index (χ2n) is 6.70. The molecule has 3 aromatic carbocycles. The molecular weight excluding hydrogens is 340 g/mol. The van der Waals surface area contributed by atoms with E-state index in [9.17, 15) is 4.79 Å². The normalized spacial score (nSPS) is 19.1. The number of hydrogen-bond donors (Lipinski definition) is 1. The first-order valence-corrected chi connectivity index (χ1v) is 8.68.